The Kier molecular flexibility index (Phi) is 7.14. The van der Waals surface area contributed by atoms with Crippen LogP contribution in [-0.2, 0) is 0 Å². The van der Waals surface area contributed by atoms with E-state index in [-0.39, 0.29) is 17.6 Å². The second-order valence-corrected chi connectivity index (χ2v) is 9.71. The Morgan fingerprint density at radius 1 is 1.00 bits per heavy atom. The maximum atomic E-state index is 12.9. The predicted molar refractivity (Wildman–Crippen MR) is 132 cm³/mol. The van der Waals surface area contributed by atoms with Crippen LogP contribution >= 0.6 is 0 Å². The third-order valence-corrected chi connectivity index (χ3v) is 7.10. The highest BCUT2D eigenvalue weighted by atomic mass is 19.4. The fourth-order valence-corrected chi connectivity index (χ4v) is 5.07. The fraction of sp³-hybridized carbons (Fsp3) is 0.462. The second-order valence-electron chi connectivity index (χ2n) is 9.71. The molecule has 0 atom stereocenters. The summed E-state index contributed by atoms with van der Waals surface area (Å²) in [6, 6.07) is 7.47. The molecule has 37 heavy (non-hydrogen) atoms. The van der Waals surface area contributed by atoms with Crippen LogP contribution in [0.1, 0.15) is 47.7 Å². The van der Waals surface area contributed by atoms with Crippen LogP contribution in [-0.4, -0.2) is 76.3 Å². The van der Waals surface area contributed by atoms with E-state index in [1.54, 1.807) is 11.2 Å². The van der Waals surface area contributed by atoms with E-state index in [2.05, 4.69) is 32.0 Å². The molecule has 2 aliphatic heterocycles. The maximum Gasteiger partial charge on any atom is 0.573 e. The third-order valence-electron chi connectivity index (χ3n) is 7.10. The van der Waals surface area contributed by atoms with E-state index < -0.39 is 6.36 Å². The number of rotatable bonds is 5. The third kappa shape index (κ3) is 6.10. The van der Waals surface area contributed by atoms with Crippen LogP contribution in [0.4, 0.5) is 18.9 Å². The van der Waals surface area contributed by atoms with E-state index in [0.29, 0.717) is 37.5 Å². The van der Waals surface area contributed by atoms with E-state index in [4.69, 9.17) is 4.98 Å². The SMILES string of the molecule is CN1CCC(Nc2cnc3c(C4CCN(C(=O)c5ccc(OC(F)(F)F)cc5)CC4)ncnc3c2)CC1. The highest BCUT2D eigenvalue weighted by molar-refractivity contribution is 5.94. The molecule has 3 aromatic rings. The number of hydrogen-bond donors (Lipinski definition) is 1. The standard InChI is InChI=1S/C26H29F3N6O2/c1-34-10-8-19(9-11-34)33-20-14-22-24(30-15-20)23(32-16-31-22)17-6-12-35(13-7-17)25(36)18-2-4-21(5-3-18)37-26(27,28)29/h2-5,14-17,19,33H,6-13H2,1H3. The van der Waals surface area contributed by atoms with Crippen LogP contribution in [0.25, 0.3) is 11.0 Å². The summed E-state index contributed by atoms with van der Waals surface area (Å²) in [5.74, 6) is -0.430. The fourth-order valence-electron chi connectivity index (χ4n) is 5.07. The van der Waals surface area contributed by atoms with Crippen molar-refractivity contribution in [3.63, 3.8) is 0 Å². The molecule has 0 radical (unpaired) electrons. The van der Waals surface area contributed by atoms with Gasteiger partial charge in [-0.3, -0.25) is 9.78 Å². The van der Waals surface area contributed by atoms with E-state index in [0.717, 1.165) is 60.5 Å². The molecule has 0 saturated carbocycles. The molecule has 196 valence electrons. The number of carbonyl (C=O) groups excluding carboxylic acids is 1. The number of nitrogens with one attached hydrogen (secondary N) is 1. The number of benzene rings is 1. The van der Waals surface area contributed by atoms with Gasteiger partial charge >= 0.3 is 6.36 Å². The maximum absolute atomic E-state index is 12.9. The zero-order chi connectivity index (χ0) is 26.0. The molecule has 1 N–H and O–H groups in total. The summed E-state index contributed by atoms with van der Waals surface area (Å²) in [5, 5.41) is 3.58. The van der Waals surface area contributed by atoms with Gasteiger partial charge in [-0.2, -0.15) is 0 Å². The lowest BCUT2D eigenvalue weighted by molar-refractivity contribution is -0.274. The van der Waals surface area contributed by atoms with Gasteiger partial charge in [0.1, 0.15) is 17.6 Å². The van der Waals surface area contributed by atoms with Crippen LogP contribution in [0.5, 0.6) is 5.75 Å². The Morgan fingerprint density at radius 2 is 1.70 bits per heavy atom. The lowest BCUT2D eigenvalue weighted by atomic mass is 9.92. The van der Waals surface area contributed by atoms with Crippen molar-refractivity contribution in [1.29, 1.82) is 0 Å². The molecule has 5 rings (SSSR count). The van der Waals surface area contributed by atoms with Crippen LogP contribution in [0.15, 0.2) is 42.9 Å². The summed E-state index contributed by atoms with van der Waals surface area (Å²) in [4.78, 5) is 30.6. The molecule has 2 fully saturated rings. The second kappa shape index (κ2) is 10.5. The summed E-state index contributed by atoms with van der Waals surface area (Å²) in [5.41, 5.74) is 3.74. The minimum Gasteiger partial charge on any atom is -0.406 e. The van der Waals surface area contributed by atoms with E-state index in [1.807, 2.05) is 12.3 Å². The number of piperidine rings is 2. The predicted octanol–water partition coefficient (Wildman–Crippen LogP) is 4.45. The largest absolute Gasteiger partial charge is 0.573 e. The summed E-state index contributed by atoms with van der Waals surface area (Å²) in [6.07, 6.45) is 2.25. The van der Waals surface area contributed by atoms with E-state index >= 15 is 0 Å². The van der Waals surface area contributed by atoms with Gasteiger partial charge in [-0.15, -0.1) is 13.2 Å². The smallest absolute Gasteiger partial charge is 0.406 e. The number of halogens is 3. The molecular formula is C26H29F3N6O2. The Hall–Kier alpha value is -3.47. The quantitative estimate of drug-likeness (QED) is 0.539. The first-order valence-corrected chi connectivity index (χ1v) is 12.5. The Morgan fingerprint density at radius 3 is 2.38 bits per heavy atom. The van der Waals surface area contributed by atoms with Gasteiger partial charge in [-0.1, -0.05) is 0 Å². The summed E-state index contributed by atoms with van der Waals surface area (Å²) < 4.78 is 41.0. The molecular weight excluding hydrogens is 485 g/mol. The molecule has 11 heteroatoms. The lowest BCUT2D eigenvalue weighted by Crippen LogP contribution is -2.38. The van der Waals surface area contributed by atoms with Crippen molar-refractivity contribution >= 4 is 22.6 Å². The number of fused-ring (bicyclic) bond motifs is 1. The number of amides is 1. The van der Waals surface area contributed by atoms with Gasteiger partial charge < -0.3 is 19.9 Å². The van der Waals surface area contributed by atoms with Gasteiger partial charge in [0.15, 0.2) is 0 Å². The topological polar surface area (TPSA) is 83.5 Å². The molecule has 0 bridgehead atoms. The first kappa shape index (κ1) is 25.2. The number of nitrogens with zero attached hydrogens (tertiary/aromatic N) is 5. The average Bonchev–Trinajstić information content (AvgIpc) is 2.89. The molecule has 0 spiro atoms. The Labute approximate surface area is 212 Å². The highest BCUT2D eigenvalue weighted by Crippen LogP contribution is 2.32. The van der Waals surface area contributed by atoms with Crippen molar-refractivity contribution in [3.8, 4) is 5.75 Å². The molecule has 2 aliphatic rings. The zero-order valence-electron chi connectivity index (χ0n) is 20.5. The van der Waals surface area contributed by atoms with Gasteiger partial charge in [0.2, 0.25) is 0 Å². The Bertz CT molecular complexity index is 1240. The molecule has 0 unspecified atom stereocenters. The molecule has 0 aliphatic carbocycles. The number of carbonyl (C=O) groups is 1. The van der Waals surface area contributed by atoms with Crippen LogP contribution in [0.3, 0.4) is 0 Å². The minimum absolute atomic E-state index is 0.136. The average molecular weight is 515 g/mol. The molecule has 2 saturated heterocycles. The number of anilines is 1. The number of hydrogen-bond acceptors (Lipinski definition) is 7. The van der Waals surface area contributed by atoms with Crippen molar-refractivity contribution in [2.45, 2.75) is 44.0 Å². The molecule has 8 nitrogen and oxygen atoms in total. The first-order valence-electron chi connectivity index (χ1n) is 12.5. The van der Waals surface area contributed by atoms with Crippen LogP contribution in [0.2, 0.25) is 0 Å². The van der Waals surface area contributed by atoms with E-state index in [9.17, 15) is 18.0 Å². The van der Waals surface area contributed by atoms with Crippen molar-refractivity contribution < 1.29 is 22.7 Å². The summed E-state index contributed by atoms with van der Waals surface area (Å²) in [7, 11) is 2.14. The number of likely N-dealkylation sites (tertiary alicyclic amines) is 2. The van der Waals surface area contributed by atoms with Gasteiger partial charge in [0.05, 0.1) is 23.1 Å². The van der Waals surface area contributed by atoms with E-state index in [1.165, 1.54) is 12.1 Å². The highest BCUT2D eigenvalue weighted by Gasteiger charge is 2.31. The normalized spacial score (nSPS) is 18.2. The first-order chi connectivity index (χ1) is 17.7. The lowest BCUT2D eigenvalue weighted by Gasteiger charge is -2.32. The van der Waals surface area contributed by atoms with Crippen molar-refractivity contribution in [3.05, 3.63) is 54.1 Å². The Balaban J connectivity index is 1.22. The number of ether oxygens (including phenoxy) is 1. The minimum atomic E-state index is -4.77. The number of alkyl halides is 3. The van der Waals surface area contributed by atoms with Crippen molar-refractivity contribution in [2.75, 3.05) is 38.5 Å². The molecule has 2 aromatic heterocycles. The summed E-state index contributed by atoms with van der Waals surface area (Å²) >= 11 is 0. The van der Waals surface area contributed by atoms with Crippen LogP contribution < -0.4 is 10.1 Å². The van der Waals surface area contributed by atoms with Crippen molar-refractivity contribution in [1.82, 2.24) is 24.8 Å². The van der Waals surface area contributed by atoms with Crippen molar-refractivity contribution in [2.24, 2.45) is 0 Å². The van der Waals surface area contributed by atoms with Crippen LogP contribution in [0, 0.1) is 0 Å². The van der Waals surface area contributed by atoms with Gasteiger partial charge in [0, 0.05) is 30.6 Å². The van der Waals surface area contributed by atoms with Gasteiger partial charge in [0.25, 0.3) is 5.91 Å². The molecule has 1 amide bonds. The number of pyridine rings is 1. The molecule has 4 heterocycles. The number of aromatic nitrogens is 3. The molecule has 1 aromatic carbocycles. The monoisotopic (exact) mass is 514 g/mol. The summed E-state index contributed by atoms with van der Waals surface area (Å²) in [6.45, 7) is 3.19. The van der Waals surface area contributed by atoms with Gasteiger partial charge in [-0.25, -0.2) is 9.97 Å². The van der Waals surface area contributed by atoms with Gasteiger partial charge in [-0.05, 0) is 76.2 Å². The zero-order valence-corrected chi connectivity index (χ0v) is 20.5.